The molecular weight excluding hydrogens is 334 g/mol. The van der Waals surface area contributed by atoms with Crippen molar-refractivity contribution in [1.82, 2.24) is 5.32 Å². The first-order valence-corrected chi connectivity index (χ1v) is 8.16. The molecular formula is C16H18BrNOS. The van der Waals surface area contributed by atoms with Gasteiger partial charge in [-0.15, -0.1) is 11.3 Å². The third kappa shape index (κ3) is 3.49. The average Bonchev–Trinajstić information content (AvgIpc) is 2.80. The molecule has 1 heterocycles. The highest BCUT2D eigenvalue weighted by Crippen LogP contribution is 2.26. The third-order valence-corrected chi connectivity index (χ3v) is 5.01. The lowest BCUT2D eigenvalue weighted by atomic mass is 9.83. The number of rotatable bonds is 3. The molecule has 0 unspecified atom stereocenters. The SMILES string of the molecule is CC(C)(C)c1ccccc1C(=O)NCc1sccc1Br. The van der Waals surface area contributed by atoms with Crippen molar-refractivity contribution in [3.63, 3.8) is 0 Å². The second kappa shape index (κ2) is 6.10. The minimum Gasteiger partial charge on any atom is -0.347 e. The molecule has 0 aliphatic carbocycles. The fourth-order valence-corrected chi connectivity index (χ4v) is 3.47. The van der Waals surface area contributed by atoms with Gasteiger partial charge in [0.05, 0.1) is 6.54 Å². The van der Waals surface area contributed by atoms with Crippen LogP contribution in [0.3, 0.4) is 0 Å². The summed E-state index contributed by atoms with van der Waals surface area (Å²) in [5, 5.41) is 5.00. The molecule has 106 valence electrons. The van der Waals surface area contributed by atoms with E-state index in [9.17, 15) is 4.79 Å². The van der Waals surface area contributed by atoms with E-state index in [1.54, 1.807) is 11.3 Å². The minimum atomic E-state index is -0.0442. The van der Waals surface area contributed by atoms with E-state index in [1.165, 1.54) is 0 Å². The van der Waals surface area contributed by atoms with E-state index in [4.69, 9.17) is 0 Å². The van der Waals surface area contributed by atoms with E-state index in [1.807, 2.05) is 35.7 Å². The van der Waals surface area contributed by atoms with Crippen LogP contribution in [-0.4, -0.2) is 5.91 Å². The lowest BCUT2D eigenvalue weighted by Gasteiger charge is -2.22. The maximum absolute atomic E-state index is 12.4. The Bertz CT molecular complexity index is 613. The Morgan fingerprint density at radius 1 is 1.25 bits per heavy atom. The fraction of sp³-hybridized carbons (Fsp3) is 0.312. The number of nitrogens with one attached hydrogen (secondary N) is 1. The van der Waals surface area contributed by atoms with Gasteiger partial charge in [-0.25, -0.2) is 0 Å². The van der Waals surface area contributed by atoms with Gasteiger partial charge in [-0.1, -0.05) is 39.0 Å². The van der Waals surface area contributed by atoms with Gasteiger partial charge in [0, 0.05) is 14.9 Å². The quantitative estimate of drug-likeness (QED) is 0.850. The van der Waals surface area contributed by atoms with Gasteiger partial charge in [0.25, 0.3) is 5.91 Å². The van der Waals surface area contributed by atoms with Crippen LogP contribution in [0.5, 0.6) is 0 Å². The predicted octanol–water partition coefficient (Wildman–Crippen LogP) is 4.74. The Kier molecular flexibility index (Phi) is 4.66. The molecule has 0 bridgehead atoms. The summed E-state index contributed by atoms with van der Waals surface area (Å²) in [4.78, 5) is 13.5. The molecule has 0 atom stereocenters. The van der Waals surface area contributed by atoms with Crippen LogP contribution in [0, 0.1) is 0 Å². The van der Waals surface area contributed by atoms with Crippen molar-refractivity contribution in [2.24, 2.45) is 0 Å². The Morgan fingerprint density at radius 3 is 2.55 bits per heavy atom. The molecule has 1 aromatic carbocycles. The standard InChI is InChI=1S/C16H18BrNOS/c1-16(2,3)12-7-5-4-6-11(12)15(19)18-10-14-13(17)8-9-20-14/h4-9H,10H2,1-3H3,(H,18,19). The molecule has 2 rings (SSSR count). The number of halogens is 1. The van der Waals surface area contributed by atoms with Crippen LogP contribution in [0.25, 0.3) is 0 Å². The smallest absolute Gasteiger partial charge is 0.251 e. The second-order valence-corrected chi connectivity index (χ2v) is 7.52. The average molecular weight is 352 g/mol. The van der Waals surface area contributed by atoms with E-state index < -0.39 is 0 Å². The summed E-state index contributed by atoms with van der Waals surface area (Å²) >= 11 is 5.11. The molecule has 0 fully saturated rings. The van der Waals surface area contributed by atoms with Gasteiger partial charge in [-0.05, 0) is 44.4 Å². The van der Waals surface area contributed by atoms with E-state index >= 15 is 0 Å². The molecule has 4 heteroatoms. The van der Waals surface area contributed by atoms with Crippen LogP contribution >= 0.6 is 27.3 Å². The largest absolute Gasteiger partial charge is 0.347 e. The van der Waals surface area contributed by atoms with Crippen LogP contribution in [0.15, 0.2) is 40.2 Å². The molecule has 0 aliphatic rings. The van der Waals surface area contributed by atoms with E-state index in [-0.39, 0.29) is 11.3 Å². The Hall–Kier alpha value is -1.13. The zero-order valence-corrected chi connectivity index (χ0v) is 14.3. The summed E-state index contributed by atoms with van der Waals surface area (Å²) in [6, 6.07) is 9.79. The van der Waals surface area contributed by atoms with Gasteiger partial charge < -0.3 is 5.32 Å². The molecule has 2 aromatic rings. The Labute approximate surface area is 132 Å². The molecule has 0 aliphatic heterocycles. The summed E-state index contributed by atoms with van der Waals surface area (Å²) in [6.45, 7) is 6.91. The predicted molar refractivity (Wildman–Crippen MR) is 88.3 cm³/mol. The number of hydrogen-bond donors (Lipinski definition) is 1. The van der Waals surface area contributed by atoms with Gasteiger partial charge >= 0.3 is 0 Å². The summed E-state index contributed by atoms with van der Waals surface area (Å²) in [5.74, 6) is -0.0178. The first-order chi connectivity index (χ1) is 9.39. The number of benzene rings is 1. The lowest BCUT2D eigenvalue weighted by molar-refractivity contribution is 0.0949. The van der Waals surface area contributed by atoms with Crippen LogP contribution in [-0.2, 0) is 12.0 Å². The zero-order chi connectivity index (χ0) is 14.8. The van der Waals surface area contributed by atoms with Gasteiger partial charge in [-0.3, -0.25) is 4.79 Å². The summed E-state index contributed by atoms with van der Waals surface area (Å²) < 4.78 is 1.05. The van der Waals surface area contributed by atoms with Crippen molar-refractivity contribution in [2.75, 3.05) is 0 Å². The van der Waals surface area contributed by atoms with Crippen molar-refractivity contribution >= 4 is 33.2 Å². The number of amides is 1. The molecule has 1 aromatic heterocycles. The van der Waals surface area contributed by atoms with Crippen molar-refractivity contribution in [3.05, 3.63) is 56.2 Å². The normalized spacial score (nSPS) is 11.4. The van der Waals surface area contributed by atoms with Crippen molar-refractivity contribution < 1.29 is 4.79 Å². The first kappa shape index (κ1) is 15.3. The number of hydrogen-bond acceptors (Lipinski definition) is 2. The first-order valence-electron chi connectivity index (χ1n) is 6.49. The maximum atomic E-state index is 12.4. The lowest BCUT2D eigenvalue weighted by Crippen LogP contribution is -2.26. The van der Waals surface area contributed by atoms with E-state index in [2.05, 4.69) is 42.0 Å². The van der Waals surface area contributed by atoms with Crippen LogP contribution < -0.4 is 5.32 Å². The highest BCUT2D eigenvalue weighted by atomic mass is 79.9. The second-order valence-electron chi connectivity index (χ2n) is 5.67. The highest BCUT2D eigenvalue weighted by molar-refractivity contribution is 9.10. The number of thiophene rings is 1. The van der Waals surface area contributed by atoms with E-state index in [0.29, 0.717) is 6.54 Å². The fourth-order valence-electron chi connectivity index (χ4n) is 2.04. The summed E-state index contributed by atoms with van der Waals surface area (Å²) in [5.41, 5.74) is 1.78. The molecule has 0 saturated heterocycles. The molecule has 2 nitrogen and oxygen atoms in total. The molecule has 20 heavy (non-hydrogen) atoms. The van der Waals surface area contributed by atoms with Crippen molar-refractivity contribution in [1.29, 1.82) is 0 Å². The summed E-state index contributed by atoms with van der Waals surface area (Å²) in [6.07, 6.45) is 0. The van der Waals surface area contributed by atoms with Crippen LogP contribution in [0.2, 0.25) is 0 Å². The van der Waals surface area contributed by atoms with Gasteiger partial charge in [0.1, 0.15) is 0 Å². The van der Waals surface area contributed by atoms with Gasteiger partial charge in [0.2, 0.25) is 0 Å². The van der Waals surface area contributed by atoms with Gasteiger partial charge in [-0.2, -0.15) is 0 Å². The van der Waals surface area contributed by atoms with Gasteiger partial charge in [0.15, 0.2) is 0 Å². The molecule has 1 amide bonds. The third-order valence-electron chi connectivity index (χ3n) is 3.08. The molecule has 0 radical (unpaired) electrons. The molecule has 0 spiro atoms. The minimum absolute atomic E-state index is 0.0178. The number of carbonyl (C=O) groups is 1. The molecule has 1 N–H and O–H groups in total. The monoisotopic (exact) mass is 351 g/mol. The topological polar surface area (TPSA) is 29.1 Å². The summed E-state index contributed by atoms with van der Waals surface area (Å²) in [7, 11) is 0. The molecule has 0 saturated carbocycles. The van der Waals surface area contributed by atoms with Crippen LogP contribution in [0.4, 0.5) is 0 Å². The zero-order valence-electron chi connectivity index (χ0n) is 11.9. The van der Waals surface area contributed by atoms with Crippen LogP contribution in [0.1, 0.15) is 41.6 Å². The Balaban J connectivity index is 2.16. The van der Waals surface area contributed by atoms with E-state index in [0.717, 1.165) is 20.5 Å². The highest BCUT2D eigenvalue weighted by Gasteiger charge is 2.21. The van der Waals surface area contributed by atoms with Crippen molar-refractivity contribution in [3.8, 4) is 0 Å². The maximum Gasteiger partial charge on any atom is 0.251 e. The van der Waals surface area contributed by atoms with Crippen molar-refractivity contribution in [2.45, 2.75) is 32.7 Å². The number of carbonyl (C=O) groups excluding carboxylic acids is 1. The Morgan fingerprint density at radius 2 is 1.95 bits per heavy atom.